The molecule has 2 N–H and O–H groups in total. The van der Waals surface area contributed by atoms with Crippen molar-refractivity contribution in [3.05, 3.63) is 0 Å². The highest BCUT2D eigenvalue weighted by Crippen LogP contribution is 2.17. The molecular weight excluding hydrogens is 204 g/mol. The number of unbranched alkanes of at least 4 members (excludes halogenated alkanes) is 1. The zero-order valence-electron chi connectivity index (χ0n) is 10.3. The summed E-state index contributed by atoms with van der Waals surface area (Å²) >= 11 is 0. The summed E-state index contributed by atoms with van der Waals surface area (Å²) in [7, 11) is 0. The fourth-order valence-corrected chi connectivity index (χ4v) is 1.92. The van der Waals surface area contributed by atoms with Gasteiger partial charge in [0.05, 0.1) is 6.61 Å². The van der Waals surface area contributed by atoms with E-state index >= 15 is 0 Å². The van der Waals surface area contributed by atoms with Gasteiger partial charge in [-0.2, -0.15) is 0 Å². The van der Waals surface area contributed by atoms with Crippen LogP contribution in [0.15, 0.2) is 0 Å². The third-order valence-electron chi connectivity index (χ3n) is 3.12. The van der Waals surface area contributed by atoms with E-state index in [1.54, 1.807) is 0 Å². The number of carbonyl (C=O) groups excluding carboxylic acids is 1. The highest BCUT2D eigenvalue weighted by Gasteiger charge is 2.23. The molecule has 0 aromatic rings. The maximum atomic E-state index is 10.5. The first-order valence-electron chi connectivity index (χ1n) is 6.30. The number of hydrogen-bond donors (Lipinski definition) is 1. The zero-order valence-corrected chi connectivity index (χ0v) is 10.3. The Labute approximate surface area is 98.1 Å². The lowest BCUT2D eigenvalue weighted by atomic mass is 9.98. The molecular formula is C12H24N2O2. The van der Waals surface area contributed by atoms with Crippen molar-refractivity contribution in [1.82, 2.24) is 4.90 Å². The third kappa shape index (κ3) is 5.47. The Morgan fingerprint density at radius 3 is 2.75 bits per heavy atom. The van der Waals surface area contributed by atoms with Crippen LogP contribution in [0.25, 0.3) is 0 Å². The Kier molecular flexibility index (Phi) is 6.42. The monoisotopic (exact) mass is 228 g/mol. The molecule has 1 heterocycles. The minimum atomic E-state index is -0.216. The number of amides is 1. The Morgan fingerprint density at radius 1 is 1.38 bits per heavy atom. The molecule has 94 valence electrons. The van der Waals surface area contributed by atoms with Crippen molar-refractivity contribution in [3.8, 4) is 0 Å². The third-order valence-corrected chi connectivity index (χ3v) is 3.12. The van der Waals surface area contributed by atoms with Crippen molar-refractivity contribution in [2.75, 3.05) is 32.8 Å². The van der Waals surface area contributed by atoms with Crippen molar-refractivity contribution >= 4 is 5.91 Å². The van der Waals surface area contributed by atoms with Gasteiger partial charge < -0.3 is 15.4 Å². The molecule has 16 heavy (non-hydrogen) atoms. The molecule has 0 aliphatic carbocycles. The van der Waals surface area contributed by atoms with Crippen LogP contribution in [0, 0.1) is 5.92 Å². The molecule has 0 unspecified atom stereocenters. The van der Waals surface area contributed by atoms with Crippen LogP contribution in [0.4, 0.5) is 0 Å². The second kappa shape index (κ2) is 7.63. The number of nitrogens with zero attached hydrogens (tertiary/aromatic N) is 1. The number of nitrogens with two attached hydrogens (primary N) is 1. The van der Waals surface area contributed by atoms with E-state index < -0.39 is 0 Å². The van der Waals surface area contributed by atoms with Gasteiger partial charge in [0.2, 0.25) is 5.91 Å². The lowest BCUT2D eigenvalue weighted by Gasteiger charge is -2.38. The maximum Gasteiger partial charge on any atom is 0.217 e. The van der Waals surface area contributed by atoms with E-state index in [-0.39, 0.29) is 5.91 Å². The second-order valence-electron chi connectivity index (χ2n) is 4.57. The molecule has 1 fully saturated rings. The first-order chi connectivity index (χ1) is 7.72. The average Bonchev–Trinajstić information content (AvgIpc) is 2.18. The Morgan fingerprint density at radius 2 is 2.12 bits per heavy atom. The van der Waals surface area contributed by atoms with Crippen LogP contribution in [0.5, 0.6) is 0 Å². The van der Waals surface area contributed by atoms with E-state index in [2.05, 4.69) is 11.8 Å². The summed E-state index contributed by atoms with van der Waals surface area (Å²) in [4.78, 5) is 12.9. The normalized spacial score (nSPS) is 17.3. The zero-order chi connectivity index (χ0) is 11.8. The van der Waals surface area contributed by atoms with Crippen molar-refractivity contribution in [1.29, 1.82) is 0 Å². The van der Waals surface area contributed by atoms with Gasteiger partial charge in [0.15, 0.2) is 0 Å². The smallest absolute Gasteiger partial charge is 0.217 e. The largest absolute Gasteiger partial charge is 0.380 e. The molecule has 0 aromatic carbocycles. The molecule has 4 nitrogen and oxygen atoms in total. The van der Waals surface area contributed by atoms with Crippen LogP contribution in [-0.2, 0) is 9.53 Å². The number of ether oxygens (including phenoxy) is 1. The SMILES string of the molecule is CCC1CN(CCOCCCCC(N)=O)C1. The van der Waals surface area contributed by atoms with Gasteiger partial charge in [0.25, 0.3) is 0 Å². The molecule has 1 aliphatic heterocycles. The molecule has 0 spiro atoms. The number of rotatable bonds is 9. The van der Waals surface area contributed by atoms with Gasteiger partial charge in [-0.3, -0.25) is 4.79 Å². The summed E-state index contributed by atoms with van der Waals surface area (Å²) in [5, 5.41) is 0. The van der Waals surface area contributed by atoms with E-state index in [4.69, 9.17) is 10.5 Å². The van der Waals surface area contributed by atoms with Crippen LogP contribution in [0.3, 0.4) is 0 Å². The van der Waals surface area contributed by atoms with Crippen molar-refractivity contribution in [3.63, 3.8) is 0 Å². The lowest BCUT2D eigenvalue weighted by molar-refractivity contribution is -0.118. The quantitative estimate of drug-likeness (QED) is 0.599. The summed E-state index contributed by atoms with van der Waals surface area (Å²) in [5.74, 6) is 0.696. The Bertz CT molecular complexity index is 203. The van der Waals surface area contributed by atoms with Crippen LogP contribution >= 0.6 is 0 Å². The van der Waals surface area contributed by atoms with Gasteiger partial charge in [0.1, 0.15) is 0 Å². The lowest BCUT2D eigenvalue weighted by Crippen LogP contribution is -2.47. The fraction of sp³-hybridized carbons (Fsp3) is 0.917. The Balaban J connectivity index is 1.77. The minimum absolute atomic E-state index is 0.216. The molecule has 0 aromatic heterocycles. The van der Waals surface area contributed by atoms with E-state index in [1.807, 2.05) is 0 Å². The van der Waals surface area contributed by atoms with Crippen LogP contribution < -0.4 is 5.73 Å². The van der Waals surface area contributed by atoms with Gasteiger partial charge in [-0.15, -0.1) is 0 Å². The molecule has 0 bridgehead atoms. The summed E-state index contributed by atoms with van der Waals surface area (Å²) in [6.45, 7) is 7.33. The highest BCUT2D eigenvalue weighted by molar-refractivity contribution is 5.73. The predicted octanol–water partition coefficient (Wildman–Crippen LogP) is 1.00. The van der Waals surface area contributed by atoms with Crippen molar-refractivity contribution in [2.24, 2.45) is 11.7 Å². The van der Waals surface area contributed by atoms with Gasteiger partial charge in [-0.05, 0) is 18.8 Å². The molecule has 0 radical (unpaired) electrons. The van der Waals surface area contributed by atoms with E-state index in [0.717, 1.165) is 38.5 Å². The average molecular weight is 228 g/mol. The van der Waals surface area contributed by atoms with Crippen LogP contribution in [0.1, 0.15) is 32.6 Å². The molecule has 4 heteroatoms. The fourth-order valence-electron chi connectivity index (χ4n) is 1.92. The van der Waals surface area contributed by atoms with Gasteiger partial charge in [-0.25, -0.2) is 0 Å². The number of carbonyl (C=O) groups is 1. The van der Waals surface area contributed by atoms with Crippen molar-refractivity contribution in [2.45, 2.75) is 32.6 Å². The summed E-state index contributed by atoms with van der Waals surface area (Å²) in [6, 6.07) is 0. The molecule has 1 aliphatic rings. The summed E-state index contributed by atoms with van der Waals surface area (Å²) < 4.78 is 5.50. The highest BCUT2D eigenvalue weighted by atomic mass is 16.5. The number of likely N-dealkylation sites (tertiary alicyclic amines) is 1. The van der Waals surface area contributed by atoms with E-state index in [9.17, 15) is 4.79 Å². The molecule has 1 saturated heterocycles. The van der Waals surface area contributed by atoms with E-state index in [1.165, 1.54) is 19.5 Å². The number of hydrogen-bond acceptors (Lipinski definition) is 3. The minimum Gasteiger partial charge on any atom is -0.380 e. The van der Waals surface area contributed by atoms with Gasteiger partial charge in [0, 0.05) is 32.7 Å². The van der Waals surface area contributed by atoms with E-state index in [0.29, 0.717) is 6.42 Å². The van der Waals surface area contributed by atoms with Gasteiger partial charge >= 0.3 is 0 Å². The van der Waals surface area contributed by atoms with Gasteiger partial charge in [-0.1, -0.05) is 13.3 Å². The van der Waals surface area contributed by atoms with Crippen LogP contribution in [-0.4, -0.2) is 43.7 Å². The molecule has 1 amide bonds. The number of primary amides is 1. The van der Waals surface area contributed by atoms with Crippen molar-refractivity contribution < 1.29 is 9.53 Å². The summed E-state index contributed by atoms with van der Waals surface area (Å²) in [6.07, 6.45) is 3.55. The first kappa shape index (κ1) is 13.5. The first-order valence-corrected chi connectivity index (χ1v) is 6.30. The second-order valence-corrected chi connectivity index (χ2v) is 4.57. The molecule has 0 atom stereocenters. The van der Waals surface area contributed by atoms with Crippen LogP contribution in [0.2, 0.25) is 0 Å². The topological polar surface area (TPSA) is 55.6 Å². The molecule has 1 rings (SSSR count). The standard InChI is InChI=1S/C12H24N2O2/c1-2-11-9-14(10-11)6-8-16-7-4-3-5-12(13)15/h11H,2-10H2,1H3,(H2,13,15). The predicted molar refractivity (Wildman–Crippen MR) is 64.1 cm³/mol. The maximum absolute atomic E-state index is 10.5. The molecule has 0 saturated carbocycles. The summed E-state index contributed by atoms with van der Waals surface area (Å²) in [5.41, 5.74) is 5.04. The Hall–Kier alpha value is -0.610.